The Morgan fingerprint density at radius 1 is 1.04 bits per heavy atom. The van der Waals surface area contributed by atoms with E-state index in [0.717, 1.165) is 19.6 Å². The number of hydrogen-bond acceptors (Lipinski definition) is 6. The van der Waals surface area contributed by atoms with Gasteiger partial charge < -0.3 is 9.47 Å². The van der Waals surface area contributed by atoms with Gasteiger partial charge in [0.25, 0.3) is 0 Å². The molecule has 0 aliphatic rings. The zero-order valence-electron chi connectivity index (χ0n) is 14.7. The highest BCUT2D eigenvalue weighted by molar-refractivity contribution is 6.17. The SMILES string of the molecule is COC(=O)C(C)(C(=O)c1ccc(C)cc1)N(O)C(=O)OC(C)(C)C. The number of nitrogens with zero attached hydrogens (tertiary/aromatic N) is 1. The van der Waals surface area contributed by atoms with Gasteiger partial charge in [0, 0.05) is 5.56 Å². The molecule has 0 aliphatic carbocycles. The summed E-state index contributed by atoms with van der Waals surface area (Å²) in [4.78, 5) is 37.1. The number of ether oxygens (including phenoxy) is 2. The number of amides is 1. The fourth-order valence-electron chi connectivity index (χ4n) is 1.95. The van der Waals surface area contributed by atoms with Crippen molar-refractivity contribution in [3.63, 3.8) is 0 Å². The fourth-order valence-corrected chi connectivity index (χ4v) is 1.95. The number of rotatable bonds is 4. The molecular formula is C17H23NO6. The second-order valence-electron chi connectivity index (χ2n) is 6.55. The number of carbonyl (C=O) groups excluding carboxylic acids is 3. The van der Waals surface area contributed by atoms with Gasteiger partial charge in [-0.15, -0.1) is 0 Å². The molecule has 0 saturated heterocycles. The second kappa shape index (κ2) is 7.00. The Kier molecular flexibility index (Phi) is 5.73. The lowest BCUT2D eigenvalue weighted by Crippen LogP contribution is -2.60. The number of benzene rings is 1. The lowest BCUT2D eigenvalue weighted by atomic mass is 9.90. The van der Waals surface area contributed by atoms with Crippen molar-refractivity contribution in [2.45, 2.75) is 45.8 Å². The minimum absolute atomic E-state index is 0.0216. The lowest BCUT2D eigenvalue weighted by Gasteiger charge is -2.33. The molecule has 0 fully saturated rings. The molecule has 7 heteroatoms. The first-order valence-corrected chi connectivity index (χ1v) is 7.35. The van der Waals surface area contributed by atoms with Crippen LogP contribution in [0.5, 0.6) is 0 Å². The molecule has 1 unspecified atom stereocenters. The smallest absolute Gasteiger partial charge is 0.435 e. The van der Waals surface area contributed by atoms with Crippen LogP contribution in [0, 0.1) is 6.92 Å². The normalized spacial score (nSPS) is 13.6. The number of hydrogen-bond donors (Lipinski definition) is 1. The molecular weight excluding hydrogens is 314 g/mol. The molecule has 1 N–H and O–H groups in total. The molecule has 0 bridgehead atoms. The monoisotopic (exact) mass is 337 g/mol. The lowest BCUT2D eigenvalue weighted by molar-refractivity contribution is -0.178. The molecule has 7 nitrogen and oxygen atoms in total. The predicted octanol–water partition coefficient (Wildman–Crippen LogP) is 2.74. The highest BCUT2D eigenvalue weighted by Gasteiger charge is 2.51. The molecule has 1 atom stereocenters. The van der Waals surface area contributed by atoms with E-state index in [2.05, 4.69) is 4.74 Å². The van der Waals surface area contributed by atoms with Crippen molar-refractivity contribution in [3.8, 4) is 0 Å². The standard InChI is InChI=1S/C17H23NO6/c1-11-7-9-12(10-8-11)13(19)17(5,14(20)23-6)18(22)15(21)24-16(2,3)4/h7-10,22H,1-6H3. The van der Waals surface area contributed by atoms with Gasteiger partial charge in [-0.25, -0.2) is 9.59 Å². The van der Waals surface area contributed by atoms with Crippen molar-refractivity contribution < 1.29 is 29.1 Å². The molecule has 0 aromatic heterocycles. The summed E-state index contributed by atoms with van der Waals surface area (Å²) in [6.45, 7) is 7.72. The van der Waals surface area contributed by atoms with Crippen LogP contribution in [0.3, 0.4) is 0 Å². The Hall–Kier alpha value is -2.41. The van der Waals surface area contributed by atoms with Crippen LogP contribution in [-0.4, -0.2) is 46.4 Å². The van der Waals surface area contributed by atoms with Gasteiger partial charge in [-0.05, 0) is 34.6 Å². The maximum atomic E-state index is 12.8. The summed E-state index contributed by atoms with van der Waals surface area (Å²) in [5.41, 5.74) is -2.12. The van der Waals surface area contributed by atoms with Gasteiger partial charge in [-0.1, -0.05) is 29.8 Å². The minimum atomic E-state index is -2.27. The molecule has 0 heterocycles. The summed E-state index contributed by atoms with van der Waals surface area (Å²) >= 11 is 0. The third-order valence-electron chi connectivity index (χ3n) is 3.33. The highest BCUT2D eigenvalue weighted by atomic mass is 16.6. The number of aryl methyl sites for hydroxylation is 1. The van der Waals surface area contributed by atoms with Gasteiger partial charge in [0.2, 0.25) is 11.3 Å². The zero-order chi connectivity index (χ0) is 18.7. The number of esters is 1. The average molecular weight is 337 g/mol. The Bertz CT molecular complexity index is 631. The van der Waals surface area contributed by atoms with E-state index in [-0.39, 0.29) is 10.6 Å². The maximum absolute atomic E-state index is 12.8. The summed E-state index contributed by atoms with van der Waals surface area (Å²) in [5, 5.41) is 10.2. The van der Waals surface area contributed by atoms with Crippen molar-refractivity contribution >= 4 is 17.8 Å². The van der Waals surface area contributed by atoms with Gasteiger partial charge in [-0.2, -0.15) is 5.06 Å². The molecule has 1 rings (SSSR count). The first-order valence-electron chi connectivity index (χ1n) is 7.35. The molecule has 1 aromatic carbocycles. The van der Waals surface area contributed by atoms with Gasteiger partial charge in [-0.3, -0.25) is 10.0 Å². The molecule has 0 aliphatic heterocycles. The zero-order valence-corrected chi connectivity index (χ0v) is 14.7. The number of Topliss-reactive ketones (excluding diaryl/α,β-unsaturated/α-hetero) is 1. The third kappa shape index (κ3) is 4.11. The summed E-state index contributed by atoms with van der Waals surface area (Å²) in [5.74, 6) is -1.87. The Labute approximate surface area is 141 Å². The van der Waals surface area contributed by atoms with Crippen LogP contribution in [0.2, 0.25) is 0 Å². The number of methoxy groups -OCH3 is 1. The molecule has 132 valence electrons. The summed E-state index contributed by atoms with van der Waals surface area (Å²) in [6, 6.07) is 6.36. The van der Waals surface area contributed by atoms with E-state index in [9.17, 15) is 19.6 Å². The number of hydroxylamine groups is 2. The second-order valence-corrected chi connectivity index (χ2v) is 6.55. The third-order valence-corrected chi connectivity index (χ3v) is 3.33. The quantitative estimate of drug-likeness (QED) is 0.298. The number of ketones is 1. The number of carbonyl (C=O) groups is 3. The first-order chi connectivity index (χ1) is 10.9. The fraction of sp³-hybridized carbons (Fsp3) is 0.471. The van der Waals surface area contributed by atoms with E-state index < -0.39 is 29.0 Å². The van der Waals surface area contributed by atoms with Crippen LogP contribution < -0.4 is 0 Å². The summed E-state index contributed by atoms with van der Waals surface area (Å²) in [7, 11) is 1.06. The van der Waals surface area contributed by atoms with Crippen molar-refractivity contribution in [2.75, 3.05) is 7.11 Å². The maximum Gasteiger partial charge on any atom is 0.435 e. The molecule has 1 amide bonds. The average Bonchev–Trinajstić information content (AvgIpc) is 2.50. The first kappa shape index (κ1) is 19.6. The van der Waals surface area contributed by atoms with E-state index in [0.29, 0.717) is 0 Å². The molecule has 24 heavy (non-hydrogen) atoms. The molecule has 1 aromatic rings. The summed E-state index contributed by atoms with van der Waals surface area (Å²) in [6.07, 6.45) is -1.23. The Morgan fingerprint density at radius 2 is 1.54 bits per heavy atom. The minimum Gasteiger partial charge on any atom is -0.467 e. The van der Waals surface area contributed by atoms with Crippen LogP contribution in [0.25, 0.3) is 0 Å². The highest BCUT2D eigenvalue weighted by Crippen LogP contribution is 2.24. The van der Waals surface area contributed by atoms with E-state index >= 15 is 0 Å². The van der Waals surface area contributed by atoms with Crippen LogP contribution in [-0.2, 0) is 14.3 Å². The van der Waals surface area contributed by atoms with E-state index in [1.54, 1.807) is 32.9 Å². The Morgan fingerprint density at radius 3 is 1.96 bits per heavy atom. The van der Waals surface area contributed by atoms with Crippen molar-refractivity contribution in [1.82, 2.24) is 5.06 Å². The molecule has 0 saturated carbocycles. The van der Waals surface area contributed by atoms with Crippen molar-refractivity contribution in [3.05, 3.63) is 35.4 Å². The van der Waals surface area contributed by atoms with Crippen LogP contribution in [0.15, 0.2) is 24.3 Å². The van der Waals surface area contributed by atoms with E-state index in [1.807, 2.05) is 6.92 Å². The van der Waals surface area contributed by atoms with Crippen LogP contribution >= 0.6 is 0 Å². The van der Waals surface area contributed by atoms with Crippen LogP contribution in [0.4, 0.5) is 4.79 Å². The van der Waals surface area contributed by atoms with E-state index in [1.165, 1.54) is 12.1 Å². The molecule has 0 radical (unpaired) electrons. The van der Waals surface area contributed by atoms with Crippen molar-refractivity contribution in [2.24, 2.45) is 0 Å². The predicted molar refractivity (Wildman–Crippen MR) is 85.8 cm³/mol. The molecule has 0 spiro atoms. The van der Waals surface area contributed by atoms with Crippen LogP contribution in [0.1, 0.15) is 43.6 Å². The Balaban J connectivity index is 3.27. The van der Waals surface area contributed by atoms with Gasteiger partial charge in [0.15, 0.2) is 0 Å². The largest absolute Gasteiger partial charge is 0.467 e. The van der Waals surface area contributed by atoms with Gasteiger partial charge >= 0.3 is 12.1 Å². The van der Waals surface area contributed by atoms with Gasteiger partial charge in [0.1, 0.15) is 5.60 Å². The van der Waals surface area contributed by atoms with Gasteiger partial charge in [0.05, 0.1) is 7.11 Å². The van der Waals surface area contributed by atoms with Crippen molar-refractivity contribution in [1.29, 1.82) is 0 Å². The van der Waals surface area contributed by atoms with E-state index in [4.69, 9.17) is 4.74 Å². The topological polar surface area (TPSA) is 93.1 Å². The summed E-state index contributed by atoms with van der Waals surface area (Å²) < 4.78 is 9.64.